The van der Waals surface area contributed by atoms with Gasteiger partial charge in [0, 0.05) is 25.7 Å². The SMILES string of the molecule is O=CCCn1cc(CCCCNC=O)nn1. The molecule has 0 aromatic carbocycles. The van der Waals surface area contributed by atoms with Crippen molar-refractivity contribution in [1.29, 1.82) is 0 Å². The Labute approximate surface area is 94.0 Å². The number of nitrogens with one attached hydrogen (secondary N) is 1. The minimum Gasteiger partial charge on any atom is -0.359 e. The number of carbonyl (C=O) groups is 2. The van der Waals surface area contributed by atoms with Crippen molar-refractivity contribution in [1.82, 2.24) is 20.3 Å². The zero-order valence-electron chi connectivity index (χ0n) is 9.13. The van der Waals surface area contributed by atoms with Crippen LogP contribution in [0.4, 0.5) is 0 Å². The van der Waals surface area contributed by atoms with Gasteiger partial charge < -0.3 is 10.1 Å². The summed E-state index contributed by atoms with van der Waals surface area (Å²) in [5.41, 5.74) is 0.928. The van der Waals surface area contributed by atoms with E-state index in [1.54, 1.807) is 4.68 Å². The molecule has 0 radical (unpaired) electrons. The van der Waals surface area contributed by atoms with Gasteiger partial charge in [0.25, 0.3) is 0 Å². The Kier molecular flexibility index (Phi) is 5.83. The van der Waals surface area contributed by atoms with Crippen LogP contribution in [0.25, 0.3) is 0 Å². The van der Waals surface area contributed by atoms with Crippen molar-refractivity contribution in [2.75, 3.05) is 6.54 Å². The summed E-state index contributed by atoms with van der Waals surface area (Å²) in [4.78, 5) is 20.1. The lowest BCUT2D eigenvalue weighted by Gasteiger charge is -1.97. The van der Waals surface area contributed by atoms with E-state index in [-0.39, 0.29) is 0 Å². The standard InChI is InChI=1S/C10H16N4O2/c15-7-3-6-14-8-10(12-13-14)4-1-2-5-11-9-16/h7-9H,1-6H2,(H,11,16). The molecule has 1 aromatic heterocycles. The van der Waals surface area contributed by atoms with Crippen LogP contribution in [0.5, 0.6) is 0 Å². The number of hydrogen-bond acceptors (Lipinski definition) is 4. The molecule has 1 aromatic rings. The maximum absolute atomic E-state index is 10.2. The topological polar surface area (TPSA) is 76.9 Å². The zero-order valence-corrected chi connectivity index (χ0v) is 9.13. The van der Waals surface area contributed by atoms with E-state index in [9.17, 15) is 9.59 Å². The molecule has 6 heteroatoms. The van der Waals surface area contributed by atoms with Crippen molar-refractivity contribution in [2.45, 2.75) is 32.2 Å². The van der Waals surface area contributed by atoms with Crippen LogP contribution in [-0.2, 0) is 22.6 Å². The van der Waals surface area contributed by atoms with Gasteiger partial charge in [-0.1, -0.05) is 5.21 Å². The Morgan fingerprint density at radius 2 is 2.25 bits per heavy atom. The minimum atomic E-state index is 0.464. The van der Waals surface area contributed by atoms with Gasteiger partial charge in [-0.15, -0.1) is 5.10 Å². The smallest absolute Gasteiger partial charge is 0.207 e. The molecule has 0 spiro atoms. The van der Waals surface area contributed by atoms with E-state index in [1.807, 2.05) is 6.20 Å². The summed E-state index contributed by atoms with van der Waals surface area (Å²) in [6.07, 6.45) is 6.64. The van der Waals surface area contributed by atoms with Crippen LogP contribution in [0.3, 0.4) is 0 Å². The number of nitrogens with zero attached hydrogens (tertiary/aromatic N) is 3. The lowest BCUT2D eigenvalue weighted by Crippen LogP contribution is -2.12. The highest BCUT2D eigenvalue weighted by atomic mass is 16.1. The Hall–Kier alpha value is -1.72. The molecule has 1 amide bonds. The first kappa shape index (κ1) is 12.4. The van der Waals surface area contributed by atoms with Crippen molar-refractivity contribution < 1.29 is 9.59 Å². The van der Waals surface area contributed by atoms with Crippen molar-refractivity contribution in [3.8, 4) is 0 Å². The van der Waals surface area contributed by atoms with Crippen LogP contribution in [0.15, 0.2) is 6.20 Å². The Balaban J connectivity index is 2.18. The van der Waals surface area contributed by atoms with Crippen molar-refractivity contribution in [3.63, 3.8) is 0 Å². The summed E-state index contributed by atoms with van der Waals surface area (Å²) in [5.74, 6) is 0. The summed E-state index contributed by atoms with van der Waals surface area (Å²) >= 11 is 0. The van der Waals surface area contributed by atoms with Gasteiger partial charge in [-0.05, 0) is 19.3 Å². The molecule has 1 heterocycles. The second kappa shape index (κ2) is 7.56. The van der Waals surface area contributed by atoms with E-state index in [2.05, 4.69) is 15.6 Å². The van der Waals surface area contributed by atoms with Gasteiger partial charge in [0.15, 0.2) is 0 Å². The number of amides is 1. The van der Waals surface area contributed by atoms with E-state index in [1.165, 1.54) is 0 Å². The number of carbonyl (C=O) groups excluding carboxylic acids is 2. The molecule has 0 fully saturated rings. The number of unbranched alkanes of at least 4 members (excludes halogenated alkanes) is 1. The van der Waals surface area contributed by atoms with E-state index >= 15 is 0 Å². The zero-order chi connectivity index (χ0) is 11.6. The first-order valence-electron chi connectivity index (χ1n) is 5.36. The highest BCUT2D eigenvalue weighted by molar-refractivity contribution is 5.48. The Morgan fingerprint density at radius 3 is 3.00 bits per heavy atom. The van der Waals surface area contributed by atoms with Gasteiger partial charge in [0.1, 0.15) is 6.29 Å². The van der Waals surface area contributed by atoms with Crippen molar-refractivity contribution in [3.05, 3.63) is 11.9 Å². The van der Waals surface area contributed by atoms with Crippen LogP contribution in [0, 0.1) is 0 Å². The molecular weight excluding hydrogens is 208 g/mol. The molecule has 0 bridgehead atoms. The molecular formula is C10H16N4O2. The fourth-order valence-electron chi connectivity index (χ4n) is 1.34. The molecule has 0 atom stereocenters. The average Bonchev–Trinajstić information content (AvgIpc) is 2.74. The second-order valence-corrected chi connectivity index (χ2v) is 3.46. The average molecular weight is 224 g/mol. The highest BCUT2D eigenvalue weighted by Crippen LogP contribution is 2.00. The molecule has 0 aliphatic carbocycles. The molecule has 0 aliphatic rings. The van der Waals surface area contributed by atoms with Crippen LogP contribution < -0.4 is 5.32 Å². The molecule has 0 aliphatic heterocycles. The second-order valence-electron chi connectivity index (χ2n) is 3.46. The summed E-state index contributed by atoms with van der Waals surface area (Å²) < 4.78 is 1.67. The quantitative estimate of drug-likeness (QED) is 0.471. The van der Waals surface area contributed by atoms with Crippen LogP contribution in [0.1, 0.15) is 25.0 Å². The first-order chi connectivity index (χ1) is 7.86. The lowest BCUT2D eigenvalue weighted by molar-refractivity contribution is -0.109. The van der Waals surface area contributed by atoms with Gasteiger partial charge in [-0.2, -0.15) is 0 Å². The summed E-state index contributed by atoms with van der Waals surface area (Å²) in [7, 11) is 0. The molecule has 88 valence electrons. The molecule has 0 saturated carbocycles. The van der Waals surface area contributed by atoms with Gasteiger partial charge in [0.05, 0.1) is 5.69 Å². The van der Waals surface area contributed by atoms with E-state index in [0.29, 0.717) is 25.9 Å². The van der Waals surface area contributed by atoms with Crippen molar-refractivity contribution in [2.24, 2.45) is 0 Å². The molecule has 1 rings (SSSR count). The van der Waals surface area contributed by atoms with Crippen LogP contribution >= 0.6 is 0 Å². The minimum absolute atomic E-state index is 0.464. The first-order valence-corrected chi connectivity index (χ1v) is 5.36. The van der Waals surface area contributed by atoms with Gasteiger partial charge in [-0.25, -0.2) is 0 Å². The van der Waals surface area contributed by atoms with Gasteiger partial charge >= 0.3 is 0 Å². The number of aldehydes is 1. The predicted molar refractivity (Wildman–Crippen MR) is 57.7 cm³/mol. The molecule has 16 heavy (non-hydrogen) atoms. The maximum atomic E-state index is 10.2. The molecule has 0 saturated heterocycles. The van der Waals surface area contributed by atoms with E-state index in [0.717, 1.165) is 31.2 Å². The number of rotatable bonds is 9. The van der Waals surface area contributed by atoms with Crippen LogP contribution in [0.2, 0.25) is 0 Å². The third-order valence-electron chi connectivity index (χ3n) is 2.15. The third-order valence-corrected chi connectivity index (χ3v) is 2.15. The lowest BCUT2D eigenvalue weighted by atomic mass is 10.2. The Morgan fingerprint density at radius 1 is 1.38 bits per heavy atom. The summed E-state index contributed by atoms with van der Waals surface area (Å²) in [5, 5.41) is 10.5. The maximum Gasteiger partial charge on any atom is 0.207 e. The molecule has 0 unspecified atom stereocenters. The van der Waals surface area contributed by atoms with Gasteiger partial charge in [0.2, 0.25) is 6.41 Å². The fraction of sp³-hybridized carbons (Fsp3) is 0.600. The third kappa shape index (κ3) is 4.68. The van der Waals surface area contributed by atoms with Gasteiger partial charge in [-0.3, -0.25) is 9.48 Å². The normalized spacial score (nSPS) is 10.0. The fourth-order valence-corrected chi connectivity index (χ4v) is 1.34. The number of hydrogen-bond donors (Lipinski definition) is 1. The van der Waals surface area contributed by atoms with Crippen LogP contribution in [-0.4, -0.2) is 34.2 Å². The summed E-state index contributed by atoms with van der Waals surface area (Å²) in [6, 6.07) is 0. The number of aryl methyl sites for hydroxylation is 2. The van der Waals surface area contributed by atoms with E-state index < -0.39 is 0 Å². The highest BCUT2D eigenvalue weighted by Gasteiger charge is 2.00. The molecule has 1 N–H and O–H groups in total. The Bertz CT molecular complexity index is 324. The monoisotopic (exact) mass is 224 g/mol. The number of aromatic nitrogens is 3. The summed E-state index contributed by atoms with van der Waals surface area (Å²) in [6.45, 7) is 1.28. The molecule has 6 nitrogen and oxygen atoms in total. The largest absolute Gasteiger partial charge is 0.359 e. The van der Waals surface area contributed by atoms with E-state index in [4.69, 9.17) is 0 Å². The predicted octanol–water partition coefficient (Wildman–Crippen LogP) is -0.0642. The van der Waals surface area contributed by atoms with Crippen molar-refractivity contribution >= 4 is 12.7 Å².